The summed E-state index contributed by atoms with van der Waals surface area (Å²) in [6.45, 7) is 8.95. The first-order valence-electron chi connectivity index (χ1n) is 11.3. The average molecular weight is 414 g/mol. The van der Waals surface area contributed by atoms with Gasteiger partial charge < -0.3 is 4.74 Å². The number of amides is 2. The van der Waals surface area contributed by atoms with E-state index in [1.807, 2.05) is 0 Å². The number of aryl methyl sites for hydroxylation is 2. The summed E-state index contributed by atoms with van der Waals surface area (Å²) in [6, 6.07) is 2.38. The van der Waals surface area contributed by atoms with Gasteiger partial charge in [-0.3, -0.25) is 19.7 Å². The normalized spacial score (nSPS) is 13.4. The van der Waals surface area contributed by atoms with Gasteiger partial charge in [-0.2, -0.15) is 0 Å². The highest BCUT2D eigenvalue weighted by Crippen LogP contribution is 2.29. The Morgan fingerprint density at radius 1 is 0.833 bits per heavy atom. The number of esters is 1. The summed E-state index contributed by atoms with van der Waals surface area (Å²) in [7, 11) is 0. The second-order valence-corrected chi connectivity index (χ2v) is 7.96. The number of rotatable bonds is 12. The van der Waals surface area contributed by atoms with E-state index in [1.165, 1.54) is 28.3 Å². The summed E-state index contributed by atoms with van der Waals surface area (Å²) in [4.78, 5) is 35.4. The molecule has 0 saturated carbocycles. The molecule has 0 unspecified atom stereocenters. The van der Waals surface area contributed by atoms with Gasteiger partial charge in [0, 0.05) is 11.6 Å². The summed E-state index contributed by atoms with van der Waals surface area (Å²) in [5.74, 6) is -1.46. The molecule has 1 heterocycles. The summed E-state index contributed by atoms with van der Waals surface area (Å²) >= 11 is 0. The zero-order valence-electron chi connectivity index (χ0n) is 18.9. The highest BCUT2D eigenvalue weighted by molar-refractivity contribution is 6.17. The summed E-state index contributed by atoms with van der Waals surface area (Å²) in [5.41, 5.74) is 6.71. The number of hydrogen-bond donors (Lipinski definition) is 1. The van der Waals surface area contributed by atoms with Crippen LogP contribution in [0.4, 0.5) is 0 Å². The van der Waals surface area contributed by atoms with Crippen LogP contribution in [0.25, 0.3) is 0 Å². The van der Waals surface area contributed by atoms with Crippen LogP contribution >= 0.6 is 0 Å². The van der Waals surface area contributed by atoms with Crippen LogP contribution in [0.5, 0.6) is 0 Å². The molecule has 164 valence electrons. The van der Waals surface area contributed by atoms with E-state index in [4.69, 9.17) is 4.74 Å². The van der Waals surface area contributed by atoms with Crippen molar-refractivity contribution in [3.63, 3.8) is 0 Å². The molecular formula is C25H35NO4. The Morgan fingerprint density at radius 3 is 1.80 bits per heavy atom. The highest BCUT2D eigenvalue weighted by atomic mass is 16.5. The molecule has 0 radical (unpaired) electrons. The Balaban J connectivity index is 2.34. The fraction of sp³-hybridized carbons (Fsp3) is 0.560. The molecule has 1 N–H and O–H groups in total. The Labute approximate surface area is 180 Å². The first kappa shape index (κ1) is 23.8. The zero-order valence-corrected chi connectivity index (χ0v) is 18.9. The third-order valence-electron chi connectivity index (χ3n) is 5.44. The molecule has 0 atom stereocenters. The molecule has 5 heteroatoms. The molecule has 0 aromatic heterocycles. The Morgan fingerprint density at radius 2 is 1.37 bits per heavy atom. The van der Waals surface area contributed by atoms with Crippen molar-refractivity contribution in [3.05, 3.63) is 45.5 Å². The monoisotopic (exact) mass is 413 g/mol. The smallest absolute Gasteiger partial charge is 0.310 e. The van der Waals surface area contributed by atoms with E-state index in [9.17, 15) is 14.4 Å². The van der Waals surface area contributed by atoms with Gasteiger partial charge in [0.1, 0.15) is 6.61 Å². The number of nitrogens with one attached hydrogen (secondary N) is 1. The van der Waals surface area contributed by atoms with Crippen molar-refractivity contribution < 1.29 is 19.1 Å². The van der Waals surface area contributed by atoms with Crippen LogP contribution in [0.3, 0.4) is 0 Å². The molecule has 2 amide bonds. The van der Waals surface area contributed by atoms with Gasteiger partial charge in [0.25, 0.3) is 11.8 Å². The van der Waals surface area contributed by atoms with Crippen molar-refractivity contribution in [1.82, 2.24) is 5.32 Å². The number of imide groups is 1. The molecule has 2 rings (SSSR count). The highest BCUT2D eigenvalue weighted by Gasteiger charge is 2.24. The predicted molar refractivity (Wildman–Crippen MR) is 118 cm³/mol. The maximum absolute atomic E-state index is 12.4. The van der Waals surface area contributed by atoms with Crippen LogP contribution in [-0.4, -0.2) is 17.8 Å². The minimum atomic E-state index is -0.509. The Kier molecular flexibility index (Phi) is 9.28. The third-order valence-corrected chi connectivity index (χ3v) is 5.44. The second kappa shape index (κ2) is 11.7. The van der Waals surface area contributed by atoms with E-state index in [0.717, 1.165) is 56.9 Å². The SMILES string of the molecule is CCCc1cc(CCC)c(CCC)c(COC(=O)CC2=CC(=O)NC2=O)c1CCC. The lowest BCUT2D eigenvalue weighted by Crippen LogP contribution is -2.23. The topological polar surface area (TPSA) is 72.5 Å². The molecule has 0 saturated heterocycles. The molecule has 30 heavy (non-hydrogen) atoms. The molecule has 0 bridgehead atoms. The van der Waals surface area contributed by atoms with Crippen LogP contribution in [-0.2, 0) is 51.4 Å². The van der Waals surface area contributed by atoms with Gasteiger partial charge in [-0.25, -0.2) is 0 Å². The van der Waals surface area contributed by atoms with E-state index < -0.39 is 17.8 Å². The average Bonchev–Trinajstić information content (AvgIpc) is 3.01. The maximum Gasteiger partial charge on any atom is 0.310 e. The standard InChI is InChI=1S/C25H35NO4/c1-5-9-17-13-18(10-6-2)21(12-8-4)22(20(17)11-7-3)16-30-24(28)15-19-14-23(27)26-25(19)29/h13-14H,5-12,15-16H2,1-4H3,(H,26,27,29). The molecule has 1 aliphatic rings. The largest absolute Gasteiger partial charge is 0.461 e. The number of benzene rings is 1. The van der Waals surface area contributed by atoms with Crippen LogP contribution < -0.4 is 5.32 Å². The van der Waals surface area contributed by atoms with E-state index >= 15 is 0 Å². The minimum absolute atomic E-state index is 0.166. The lowest BCUT2D eigenvalue weighted by atomic mass is 9.85. The van der Waals surface area contributed by atoms with E-state index in [2.05, 4.69) is 39.1 Å². The lowest BCUT2D eigenvalue weighted by molar-refractivity contribution is -0.144. The van der Waals surface area contributed by atoms with Crippen molar-refractivity contribution in [2.45, 2.75) is 92.1 Å². The first-order valence-corrected chi connectivity index (χ1v) is 11.3. The zero-order chi connectivity index (χ0) is 22.1. The summed E-state index contributed by atoms with van der Waals surface area (Å²) < 4.78 is 5.64. The minimum Gasteiger partial charge on any atom is -0.461 e. The number of ether oxygens (including phenoxy) is 1. The summed E-state index contributed by atoms with van der Waals surface area (Å²) in [5, 5.41) is 2.16. The second-order valence-electron chi connectivity index (χ2n) is 7.96. The van der Waals surface area contributed by atoms with Crippen molar-refractivity contribution >= 4 is 17.8 Å². The molecule has 5 nitrogen and oxygen atoms in total. The number of carbonyl (C=O) groups is 3. The molecule has 0 fully saturated rings. The van der Waals surface area contributed by atoms with Crippen molar-refractivity contribution in [2.24, 2.45) is 0 Å². The van der Waals surface area contributed by atoms with E-state index in [-0.39, 0.29) is 18.6 Å². The van der Waals surface area contributed by atoms with Gasteiger partial charge in [0.05, 0.1) is 6.42 Å². The van der Waals surface area contributed by atoms with Crippen LogP contribution in [0.2, 0.25) is 0 Å². The Bertz CT molecular complexity index is 789. The van der Waals surface area contributed by atoms with Crippen LogP contribution in [0.15, 0.2) is 17.7 Å². The predicted octanol–water partition coefficient (Wildman–Crippen LogP) is 4.51. The molecule has 1 aromatic carbocycles. The van der Waals surface area contributed by atoms with Gasteiger partial charge in [0.2, 0.25) is 0 Å². The van der Waals surface area contributed by atoms with Crippen molar-refractivity contribution in [3.8, 4) is 0 Å². The van der Waals surface area contributed by atoms with Gasteiger partial charge in [-0.15, -0.1) is 0 Å². The van der Waals surface area contributed by atoms with Gasteiger partial charge in [0.15, 0.2) is 0 Å². The van der Waals surface area contributed by atoms with Gasteiger partial charge in [-0.1, -0.05) is 59.4 Å². The van der Waals surface area contributed by atoms with E-state index in [0.29, 0.717) is 0 Å². The van der Waals surface area contributed by atoms with Gasteiger partial charge >= 0.3 is 5.97 Å². The first-order chi connectivity index (χ1) is 14.4. The quantitative estimate of drug-likeness (QED) is 0.404. The van der Waals surface area contributed by atoms with Crippen molar-refractivity contribution in [2.75, 3.05) is 0 Å². The number of hydrogen-bond acceptors (Lipinski definition) is 4. The Hall–Kier alpha value is -2.43. The lowest BCUT2D eigenvalue weighted by Gasteiger charge is -2.22. The molecular weight excluding hydrogens is 378 g/mol. The van der Waals surface area contributed by atoms with E-state index in [1.54, 1.807) is 0 Å². The molecule has 0 aliphatic carbocycles. The summed E-state index contributed by atoms with van der Waals surface area (Å²) in [6.07, 6.45) is 9.19. The third kappa shape index (κ3) is 6.04. The molecule has 1 aromatic rings. The molecule has 0 spiro atoms. The maximum atomic E-state index is 12.4. The van der Waals surface area contributed by atoms with Crippen LogP contribution in [0.1, 0.15) is 87.6 Å². The number of carbonyl (C=O) groups excluding carboxylic acids is 3. The fourth-order valence-electron chi connectivity index (χ4n) is 4.18. The van der Waals surface area contributed by atoms with Gasteiger partial charge in [-0.05, 0) is 53.5 Å². The fourth-order valence-corrected chi connectivity index (χ4v) is 4.18. The molecule has 1 aliphatic heterocycles. The van der Waals surface area contributed by atoms with Crippen LogP contribution in [0, 0.1) is 0 Å². The van der Waals surface area contributed by atoms with Crippen molar-refractivity contribution in [1.29, 1.82) is 0 Å².